The largest absolute Gasteiger partial charge is 0.389 e. The molecule has 0 aliphatic carbocycles. The van der Waals surface area contributed by atoms with E-state index in [4.69, 9.17) is 4.74 Å². The standard InChI is InChI=1S/C8H17NO2/c1-3-9(4-2)7-5-11-6-8(7)10/h7-8,10H,3-6H2,1-2H3/t7?,8-/m1/s1. The minimum Gasteiger partial charge on any atom is -0.389 e. The van der Waals surface area contributed by atoms with Crippen molar-refractivity contribution in [3.05, 3.63) is 0 Å². The number of aliphatic hydroxyl groups excluding tert-OH is 1. The molecule has 1 rings (SSSR count). The molecule has 0 saturated carbocycles. The summed E-state index contributed by atoms with van der Waals surface area (Å²) < 4.78 is 5.16. The lowest BCUT2D eigenvalue weighted by Gasteiger charge is -2.26. The fourth-order valence-corrected chi connectivity index (χ4v) is 1.57. The Hall–Kier alpha value is -0.120. The van der Waals surface area contributed by atoms with Gasteiger partial charge in [0.25, 0.3) is 0 Å². The second-order valence-electron chi connectivity index (χ2n) is 2.89. The minimum atomic E-state index is -0.283. The van der Waals surface area contributed by atoms with Gasteiger partial charge in [0, 0.05) is 0 Å². The van der Waals surface area contributed by atoms with E-state index in [2.05, 4.69) is 18.7 Å². The molecule has 0 amide bonds. The molecule has 1 unspecified atom stereocenters. The molecule has 1 aliphatic heterocycles. The Bertz CT molecular complexity index is 115. The van der Waals surface area contributed by atoms with Crippen LogP contribution in [-0.2, 0) is 4.74 Å². The normalized spacial score (nSPS) is 31.6. The zero-order valence-electron chi connectivity index (χ0n) is 7.29. The summed E-state index contributed by atoms with van der Waals surface area (Å²) in [6, 6.07) is 0.227. The van der Waals surface area contributed by atoms with E-state index in [9.17, 15) is 5.11 Å². The fraction of sp³-hybridized carbons (Fsp3) is 1.00. The third-order valence-corrected chi connectivity index (χ3v) is 2.30. The van der Waals surface area contributed by atoms with Crippen molar-refractivity contribution < 1.29 is 9.84 Å². The smallest absolute Gasteiger partial charge is 0.0950 e. The molecule has 1 aliphatic rings. The molecular formula is C8H17NO2. The van der Waals surface area contributed by atoms with Gasteiger partial charge in [-0.05, 0) is 13.1 Å². The van der Waals surface area contributed by atoms with Crippen LogP contribution in [-0.4, -0.2) is 48.5 Å². The molecule has 0 bridgehead atoms. The highest BCUT2D eigenvalue weighted by atomic mass is 16.5. The highest BCUT2D eigenvalue weighted by molar-refractivity contribution is 4.82. The van der Waals surface area contributed by atoms with E-state index in [-0.39, 0.29) is 12.1 Å². The van der Waals surface area contributed by atoms with Crippen LogP contribution in [0.25, 0.3) is 0 Å². The Morgan fingerprint density at radius 2 is 2.00 bits per heavy atom. The van der Waals surface area contributed by atoms with Crippen LogP contribution < -0.4 is 0 Å². The van der Waals surface area contributed by atoms with Gasteiger partial charge in [0.15, 0.2) is 0 Å². The summed E-state index contributed by atoms with van der Waals surface area (Å²) in [5.41, 5.74) is 0. The molecule has 0 aromatic carbocycles. The zero-order valence-corrected chi connectivity index (χ0v) is 7.29. The second-order valence-corrected chi connectivity index (χ2v) is 2.89. The van der Waals surface area contributed by atoms with Gasteiger partial charge in [-0.15, -0.1) is 0 Å². The van der Waals surface area contributed by atoms with Gasteiger partial charge >= 0.3 is 0 Å². The lowest BCUT2D eigenvalue weighted by Crippen LogP contribution is -2.42. The highest BCUT2D eigenvalue weighted by Crippen LogP contribution is 2.12. The lowest BCUT2D eigenvalue weighted by atomic mass is 10.2. The molecule has 1 heterocycles. The van der Waals surface area contributed by atoms with Crippen molar-refractivity contribution in [2.45, 2.75) is 26.0 Å². The minimum absolute atomic E-state index is 0.227. The van der Waals surface area contributed by atoms with Crippen LogP contribution in [0.2, 0.25) is 0 Å². The van der Waals surface area contributed by atoms with E-state index in [1.165, 1.54) is 0 Å². The Morgan fingerprint density at radius 1 is 1.36 bits per heavy atom. The first-order valence-electron chi connectivity index (χ1n) is 4.29. The van der Waals surface area contributed by atoms with Crippen molar-refractivity contribution in [1.29, 1.82) is 0 Å². The molecule has 1 fully saturated rings. The van der Waals surface area contributed by atoms with E-state index in [0.717, 1.165) is 13.1 Å². The monoisotopic (exact) mass is 159 g/mol. The quantitative estimate of drug-likeness (QED) is 0.633. The molecule has 66 valence electrons. The molecule has 1 N–H and O–H groups in total. The van der Waals surface area contributed by atoms with Crippen molar-refractivity contribution in [2.24, 2.45) is 0 Å². The van der Waals surface area contributed by atoms with E-state index < -0.39 is 0 Å². The molecule has 11 heavy (non-hydrogen) atoms. The van der Waals surface area contributed by atoms with Crippen LogP contribution in [0.3, 0.4) is 0 Å². The number of hydrogen-bond donors (Lipinski definition) is 1. The van der Waals surface area contributed by atoms with Crippen molar-refractivity contribution in [1.82, 2.24) is 4.90 Å². The molecule has 0 aromatic rings. The maximum Gasteiger partial charge on any atom is 0.0950 e. The SMILES string of the molecule is CCN(CC)C1COC[C@H]1O. The van der Waals surface area contributed by atoms with E-state index in [0.29, 0.717) is 13.2 Å². The lowest BCUT2D eigenvalue weighted by molar-refractivity contribution is 0.0879. The Balaban J connectivity index is 2.43. The summed E-state index contributed by atoms with van der Waals surface area (Å²) >= 11 is 0. The van der Waals surface area contributed by atoms with Crippen LogP contribution in [0.15, 0.2) is 0 Å². The van der Waals surface area contributed by atoms with Gasteiger partial charge in [-0.1, -0.05) is 13.8 Å². The first-order chi connectivity index (χ1) is 5.29. The van der Waals surface area contributed by atoms with Crippen LogP contribution in [0.4, 0.5) is 0 Å². The summed E-state index contributed by atoms with van der Waals surface area (Å²) in [4.78, 5) is 2.23. The van der Waals surface area contributed by atoms with Crippen LogP contribution >= 0.6 is 0 Å². The fourth-order valence-electron chi connectivity index (χ4n) is 1.57. The van der Waals surface area contributed by atoms with Crippen molar-refractivity contribution >= 4 is 0 Å². The predicted octanol–water partition coefficient (Wildman–Crippen LogP) is 0.0879. The molecule has 3 heteroatoms. The summed E-state index contributed by atoms with van der Waals surface area (Å²) in [5, 5.41) is 9.45. The molecule has 2 atom stereocenters. The maximum atomic E-state index is 9.45. The Morgan fingerprint density at radius 3 is 2.36 bits per heavy atom. The zero-order chi connectivity index (χ0) is 8.27. The molecule has 0 aromatic heterocycles. The van der Waals surface area contributed by atoms with Gasteiger partial charge in [-0.2, -0.15) is 0 Å². The van der Waals surface area contributed by atoms with Crippen LogP contribution in [0.1, 0.15) is 13.8 Å². The number of likely N-dealkylation sites (N-methyl/N-ethyl adjacent to an activating group) is 1. The Kier molecular flexibility index (Phi) is 3.30. The second kappa shape index (κ2) is 4.04. The number of ether oxygens (including phenoxy) is 1. The number of nitrogens with zero attached hydrogens (tertiary/aromatic N) is 1. The van der Waals surface area contributed by atoms with Gasteiger partial charge in [0.05, 0.1) is 25.4 Å². The van der Waals surface area contributed by atoms with Gasteiger partial charge in [0.2, 0.25) is 0 Å². The first-order valence-corrected chi connectivity index (χ1v) is 4.29. The van der Waals surface area contributed by atoms with Gasteiger partial charge in [-0.3, -0.25) is 4.90 Å². The third kappa shape index (κ3) is 1.92. The van der Waals surface area contributed by atoms with Crippen molar-refractivity contribution in [2.75, 3.05) is 26.3 Å². The number of rotatable bonds is 3. The Labute approximate surface area is 68.0 Å². The third-order valence-electron chi connectivity index (χ3n) is 2.30. The summed E-state index contributed by atoms with van der Waals surface area (Å²) in [6.07, 6.45) is -0.283. The maximum absolute atomic E-state index is 9.45. The number of hydrogen-bond acceptors (Lipinski definition) is 3. The highest BCUT2D eigenvalue weighted by Gasteiger charge is 2.29. The topological polar surface area (TPSA) is 32.7 Å². The van der Waals surface area contributed by atoms with E-state index in [1.54, 1.807) is 0 Å². The predicted molar refractivity (Wildman–Crippen MR) is 43.5 cm³/mol. The average molecular weight is 159 g/mol. The molecular weight excluding hydrogens is 142 g/mol. The van der Waals surface area contributed by atoms with Gasteiger partial charge in [-0.25, -0.2) is 0 Å². The van der Waals surface area contributed by atoms with E-state index >= 15 is 0 Å². The molecule has 0 radical (unpaired) electrons. The van der Waals surface area contributed by atoms with E-state index in [1.807, 2.05) is 0 Å². The van der Waals surface area contributed by atoms with Gasteiger partial charge in [0.1, 0.15) is 0 Å². The number of aliphatic hydroxyl groups is 1. The molecule has 0 spiro atoms. The van der Waals surface area contributed by atoms with Gasteiger partial charge < -0.3 is 9.84 Å². The molecule has 1 saturated heterocycles. The summed E-state index contributed by atoms with van der Waals surface area (Å²) in [7, 11) is 0. The van der Waals surface area contributed by atoms with Crippen molar-refractivity contribution in [3.8, 4) is 0 Å². The first kappa shape index (κ1) is 8.97. The van der Waals surface area contributed by atoms with Crippen LogP contribution in [0, 0.1) is 0 Å². The average Bonchev–Trinajstić information content (AvgIpc) is 2.40. The molecule has 3 nitrogen and oxygen atoms in total. The van der Waals surface area contributed by atoms with Crippen LogP contribution in [0.5, 0.6) is 0 Å². The summed E-state index contributed by atoms with van der Waals surface area (Å²) in [6.45, 7) is 7.37. The summed E-state index contributed by atoms with van der Waals surface area (Å²) in [5.74, 6) is 0. The van der Waals surface area contributed by atoms with Crippen molar-refractivity contribution in [3.63, 3.8) is 0 Å².